The summed E-state index contributed by atoms with van der Waals surface area (Å²) in [5.41, 5.74) is 1.34. The Bertz CT molecular complexity index is 291. The van der Waals surface area contributed by atoms with Crippen molar-refractivity contribution in [2.24, 2.45) is 5.92 Å². The Morgan fingerprint density at radius 1 is 1.35 bits per heavy atom. The molecule has 3 heteroatoms. The maximum atomic E-state index is 12.1. The van der Waals surface area contributed by atoms with Crippen LogP contribution in [0.15, 0.2) is 11.6 Å². The van der Waals surface area contributed by atoms with Crippen molar-refractivity contribution in [3.8, 4) is 0 Å². The van der Waals surface area contributed by atoms with Crippen LogP contribution in [0.2, 0.25) is 0 Å². The van der Waals surface area contributed by atoms with Gasteiger partial charge in [0, 0.05) is 26.1 Å². The van der Waals surface area contributed by atoms with E-state index in [9.17, 15) is 4.79 Å². The van der Waals surface area contributed by atoms with Crippen LogP contribution in [0.3, 0.4) is 0 Å². The third-order valence-corrected chi connectivity index (χ3v) is 3.99. The predicted octanol–water partition coefficient (Wildman–Crippen LogP) is 2.11. The summed E-state index contributed by atoms with van der Waals surface area (Å²) in [7, 11) is 0. The van der Waals surface area contributed by atoms with Gasteiger partial charge in [-0.1, -0.05) is 11.6 Å². The van der Waals surface area contributed by atoms with Crippen LogP contribution in [-0.2, 0) is 4.79 Å². The number of likely N-dealkylation sites (tertiary alicyclic amines) is 1. The van der Waals surface area contributed by atoms with Crippen molar-refractivity contribution in [1.82, 2.24) is 4.90 Å². The van der Waals surface area contributed by atoms with Crippen LogP contribution in [0.5, 0.6) is 0 Å². The Morgan fingerprint density at radius 3 is 2.71 bits per heavy atom. The second-order valence-corrected chi connectivity index (χ2v) is 5.29. The highest BCUT2D eigenvalue weighted by Crippen LogP contribution is 2.23. The van der Waals surface area contributed by atoms with Gasteiger partial charge in [0.15, 0.2) is 0 Å². The summed E-state index contributed by atoms with van der Waals surface area (Å²) in [6.07, 6.45) is 9.58. The molecular weight excluding hydrogens is 214 g/mol. The van der Waals surface area contributed by atoms with Gasteiger partial charge in [0.05, 0.1) is 0 Å². The van der Waals surface area contributed by atoms with Crippen LogP contribution in [0.4, 0.5) is 0 Å². The van der Waals surface area contributed by atoms with Crippen molar-refractivity contribution >= 4 is 5.91 Å². The van der Waals surface area contributed by atoms with Gasteiger partial charge in [-0.2, -0.15) is 0 Å². The van der Waals surface area contributed by atoms with E-state index < -0.39 is 0 Å². The summed E-state index contributed by atoms with van der Waals surface area (Å²) in [4.78, 5) is 14.1. The van der Waals surface area contributed by atoms with E-state index in [-0.39, 0.29) is 12.5 Å². The fourth-order valence-electron chi connectivity index (χ4n) is 2.74. The minimum atomic E-state index is 0.271. The largest absolute Gasteiger partial charge is 0.396 e. The molecule has 1 fully saturated rings. The third kappa shape index (κ3) is 3.56. The van der Waals surface area contributed by atoms with Crippen LogP contribution in [0.1, 0.15) is 44.9 Å². The topological polar surface area (TPSA) is 40.5 Å². The zero-order valence-electron chi connectivity index (χ0n) is 10.5. The standard InChI is InChI=1S/C14H23NO2/c16-11-13-6-8-15(9-7-13)14(17)10-12-4-2-1-3-5-12/h4,13,16H,1-3,5-11H2. The Morgan fingerprint density at radius 2 is 2.12 bits per heavy atom. The Kier molecular flexibility index (Phi) is 4.60. The second kappa shape index (κ2) is 6.20. The lowest BCUT2D eigenvalue weighted by Gasteiger charge is -2.31. The Balaban J connectivity index is 1.78. The van der Waals surface area contributed by atoms with Gasteiger partial charge in [0.25, 0.3) is 0 Å². The Labute approximate surface area is 103 Å². The number of nitrogens with zero attached hydrogens (tertiary/aromatic N) is 1. The lowest BCUT2D eigenvalue weighted by molar-refractivity contribution is -0.132. The van der Waals surface area contributed by atoms with E-state index in [0.717, 1.165) is 38.8 Å². The number of hydrogen-bond donors (Lipinski definition) is 1. The van der Waals surface area contributed by atoms with Gasteiger partial charge in [0.2, 0.25) is 5.91 Å². The van der Waals surface area contributed by atoms with Gasteiger partial charge in [-0.15, -0.1) is 0 Å². The van der Waals surface area contributed by atoms with Gasteiger partial charge < -0.3 is 10.0 Å². The number of amides is 1. The molecule has 0 bridgehead atoms. The summed E-state index contributed by atoms with van der Waals surface area (Å²) in [6, 6.07) is 0. The van der Waals surface area contributed by atoms with Gasteiger partial charge in [-0.3, -0.25) is 4.79 Å². The van der Waals surface area contributed by atoms with E-state index in [0.29, 0.717) is 12.3 Å². The minimum absolute atomic E-state index is 0.271. The lowest BCUT2D eigenvalue weighted by atomic mass is 9.95. The number of carbonyl (C=O) groups is 1. The second-order valence-electron chi connectivity index (χ2n) is 5.29. The van der Waals surface area contributed by atoms with E-state index in [1.54, 1.807) is 0 Å². The number of carbonyl (C=O) groups excluding carboxylic acids is 1. The van der Waals surface area contributed by atoms with Gasteiger partial charge in [-0.05, 0) is 44.4 Å². The highest BCUT2D eigenvalue weighted by Gasteiger charge is 2.22. The molecule has 0 unspecified atom stereocenters. The first-order chi connectivity index (χ1) is 8.29. The molecule has 1 amide bonds. The smallest absolute Gasteiger partial charge is 0.226 e. The van der Waals surface area contributed by atoms with Gasteiger partial charge >= 0.3 is 0 Å². The zero-order chi connectivity index (χ0) is 12.1. The highest BCUT2D eigenvalue weighted by molar-refractivity contribution is 5.78. The first-order valence-electron chi connectivity index (χ1n) is 6.86. The van der Waals surface area contributed by atoms with Crippen molar-refractivity contribution in [2.75, 3.05) is 19.7 Å². The van der Waals surface area contributed by atoms with E-state index in [1.807, 2.05) is 4.90 Å². The molecule has 17 heavy (non-hydrogen) atoms. The number of aliphatic hydroxyl groups is 1. The number of allylic oxidation sites excluding steroid dienone is 1. The molecule has 0 aromatic rings. The van der Waals surface area contributed by atoms with Crippen molar-refractivity contribution in [2.45, 2.75) is 44.9 Å². The SMILES string of the molecule is O=C(CC1=CCCCC1)N1CCC(CO)CC1. The first-order valence-corrected chi connectivity index (χ1v) is 6.86. The molecule has 3 nitrogen and oxygen atoms in total. The first kappa shape index (κ1) is 12.6. The van der Waals surface area contributed by atoms with E-state index >= 15 is 0 Å². The van der Waals surface area contributed by atoms with Crippen LogP contribution >= 0.6 is 0 Å². The summed E-state index contributed by atoms with van der Waals surface area (Å²) >= 11 is 0. The van der Waals surface area contributed by atoms with Crippen LogP contribution < -0.4 is 0 Å². The maximum Gasteiger partial charge on any atom is 0.226 e. The Hall–Kier alpha value is -0.830. The average molecular weight is 237 g/mol. The number of rotatable bonds is 3. The zero-order valence-corrected chi connectivity index (χ0v) is 10.5. The van der Waals surface area contributed by atoms with E-state index in [1.165, 1.54) is 18.4 Å². The molecule has 0 aromatic heterocycles. The quantitative estimate of drug-likeness (QED) is 0.764. The summed E-state index contributed by atoms with van der Waals surface area (Å²) in [5, 5.41) is 9.06. The molecular formula is C14H23NO2. The molecule has 2 aliphatic rings. The van der Waals surface area contributed by atoms with Gasteiger partial charge in [0.1, 0.15) is 0 Å². The van der Waals surface area contributed by atoms with Gasteiger partial charge in [-0.25, -0.2) is 0 Å². The molecule has 2 rings (SSSR count). The van der Waals surface area contributed by atoms with Crippen molar-refractivity contribution < 1.29 is 9.90 Å². The highest BCUT2D eigenvalue weighted by atomic mass is 16.3. The molecule has 1 N–H and O–H groups in total. The molecule has 1 aliphatic carbocycles. The third-order valence-electron chi connectivity index (χ3n) is 3.99. The number of hydrogen-bond acceptors (Lipinski definition) is 2. The molecule has 0 aromatic carbocycles. The van der Waals surface area contributed by atoms with Crippen molar-refractivity contribution in [3.63, 3.8) is 0 Å². The van der Waals surface area contributed by atoms with Crippen molar-refractivity contribution in [1.29, 1.82) is 0 Å². The van der Waals surface area contributed by atoms with Crippen LogP contribution in [0.25, 0.3) is 0 Å². The maximum absolute atomic E-state index is 12.1. The monoisotopic (exact) mass is 237 g/mol. The molecule has 96 valence electrons. The van der Waals surface area contributed by atoms with Crippen LogP contribution in [-0.4, -0.2) is 35.6 Å². The fraction of sp³-hybridized carbons (Fsp3) is 0.786. The average Bonchev–Trinajstić information content (AvgIpc) is 2.40. The summed E-state index contributed by atoms with van der Waals surface area (Å²) < 4.78 is 0. The molecule has 0 radical (unpaired) electrons. The molecule has 1 saturated heterocycles. The lowest BCUT2D eigenvalue weighted by Crippen LogP contribution is -2.39. The number of piperidine rings is 1. The molecule has 1 aliphatic heterocycles. The summed E-state index contributed by atoms with van der Waals surface area (Å²) in [5.74, 6) is 0.697. The molecule has 0 spiro atoms. The normalized spacial score (nSPS) is 22.4. The molecule has 0 atom stereocenters. The van der Waals surface area contributed by atoms with Crippen molar-refractivity contribution in [3.05, 3.63) is 11.6 Å². The van der Waals surface area contributed by atoms with E-state index in [4.69, 9.17) is 5.11 Å². The van der Waals surface area contributed by atoms with E-state index in [2.05, 4.69) is 6.08 Å². The van der Waals surface area contributed by atoms with Crippen LogP contribution in [0, 0.1) is 5.92 Å². The number of aliphatic hydroxyl groups excluding tert-OH is 1. The fourth-order valence-corrected chi connectivity index (χ4v) is 2.74. The minimum Gasteiger partial charge on any atom is -0.396 e. The summed E-state index contributed by atoms with van der Waals surface area (Å²) in [6.45, 7) is 1.93. The molecule has 1 heterocycles. The predicted molar refractivity (Wildman–Crippen MR) is 67.6 cm³/mol. The molecule has 0 saturated carbocycles.